The minimum atomic E-state index is 0.194. The van der Waals surface area contributed by atoms with Crippen molar-refractivity contribution < 1.29 is 9.69 Å². The van der Waals surface area contributed by atoms with E-state index in [-0.39, 0.29) is 5.91 Å². The molecular formula is C14H22BrN2OS+. The van der Waals surface area contributed by atoms with Gasteiger partial charge in [0.25, 0.3) is 5.91 Å². The Kier molecular flexibility index (Phi) is 5.85. The highest BCUT2D eigenvalue weighted by molar-refractivity contribution is 9.11. The molecular weight excluding hydrogens is 324 g/mol. The van der Waals surface area contributed by atoms with Crippen LogP contribution >= 0.6 is 27.3 Å². The highest BCUT2D eigenvalue weighted by Crippen LogP contribution is 2.21. The summed E-state index contributed by atoms with van der Waals surface area (Å²) in [7, 11) is 2.08. The first kappa shape index (κ1) is 15.0. The van der Waals surface area contributed by atoms with Crippen molar-refractivity contribution in [2.75, 3.05) is 13.6 Å². The Labute approximate surface area is 127 Å². The average Bonchev–Trinajstić information content (AvgIpc) is 2.75. The van der Waals surface area contributed by atoms with E-state index in [9.17, 15) is 4.79 Å². The molecule has 3 nitrogen and oxygen atoms in total. The van der Waals surface area contributed by atoms with Crippen molar-refractivity contribution in [3.63, 3.8) is 0 Å². The zero-order chi connectivity index (χ0) is 13.7. The van der Waals surface area contributed by atoms with Crippen molar-refractivity contribution in [3.05, 3.63) is 20.8 Å². The molecule has 106 valence electrons. The van der Waals surface area contributed by atoms with E-state index in [2.05, 4.69) is 40.4 Å². The van der Waals surface area contributed by atoms with Crippen LogP contribution in [0.15, 0.2) is 15.9 Å². The first-order chi connectivity index (χ1) is 9.13. The van der Waals surface area contributed by atoms with E-state index in [1.54, 1.807) is 11.3 Å². The lowest BCUT2D eigenvalue weighted by Gasteiger charge is -2.23. The van der Waals surface area contributed by atoms with Gasteiger partial charge in [-0.2, -0.15) is 0 Å². The molecule has 0 radical (unpaired) electrons. The molecule has 2 rings (SSSR count). The summed E-state index contributed by atoms with van der Waals surface area (Å²) in [6.07, 6.45) is 6.16. The van der Waals surface area contributed by atoms with Gasteiger partial charge in [-0.25, -0.2) is 0 Å². The molecule has 1 heterocycles. The molecule has 0 aliphatic heterocycles. The van der Waals surface area contributed by atoms with Crippen molar-refractivity contribution in [3.8, 4) is 0 Å². The van der Waals surface area contributed by atoms with E-state index in [4.69, 9.17) is 0 Å². The molecule has 1 aliphatic rings. The van der Waals surface area contributed by atoms with E-state index in [1.807, 2.05) is 0 Å². The fraction of sp³-hybridized carbons (Fsp3) is 0.643. The molecule has 1 unspecified atom stereocenters. The fourth-order valence-electron chi connectivity index (χ4n) is 2.61. The molecule has 19 heavy (non-hydrogen) atoms. The summed E-state index contributed by atoms with van der Waals surface area (Å²) in [6, 6.07) is 4.61. The minimum absolute atomic E-state index is 0.194. The van der Waals surface area contributed by atoms with Crippen molar-refractivity contribution in [1.82, 2.24) is 5.32 Å². The SMILES string of the molecule is C[NH+](CC(=O)NC1CCCCC1)Cc1ccc(Br)s1. The number of amides is 1. The molecule has 1 aromatic rings. The number of halogens is 1. The Morgan fingerprint density at radius 3 is 2.79 bits per heavy atom. The maximum atomic E-state index is 12.0. The molecule has 1 atom stereocenters. The van der Waals surface area contributed by atoms with Gasteiger partial charge in [0.2, 0.25) is 0 Å². The second kappa shape index (κ2) is 7.41. The number of rotatable bonds is 5. The van der Waals surface area contributed by atoms with Gasteiger partial charge >= 0.3 is 0 Å². The lowest BCUT2D eigenvalue weighted by Crippen LogP contribution is -3.08. The monoisotopic (exact) mass is 345 g/mol. The summed E-state index contributed by atoms with van der Waals surface area (Å²) in [5.74, 6) is 0.194. The minimum Gasteiger partial charge on any atom is -0.348 e. The first-order valence-electron chi connectivity index (χ1n) is 6.98. The molecule has 0 aromatic carbocycles. The summed E-state index contributed by atoms with van der Waals surface area (Å²) >= 11 is 5.21. The van der Waals surface area contributed by atoms with E-state index in [0.29, 0.717) is 12.6 Å². The predicted octanol–water partition coefficient (Wildman–Crippen LogP) is 1.97. The number of carbonyl (C=O) groups is 1. The Morgan fingerprint density at radius 1 is 1.42 bits per heavy atom. The van der Waals surface area contributed by atoms with Gasteiger partial charge in [0.15, 0.2) is 6.54 Å². The Bertz CT molecular complexity index is 415. The summed E-state index contributed by atoms with van der Waals surface area (Å²) in [5, 5.41) is 3.18. The van der Waals surface area contributed by atoms with Crippen LogP contribution in [0, 0.1) is 0 Å². The predicted molar refractivity (Wildman–Crippen MR) is 82.5 cm³/mol. The smallest absolute Gasteiger partial charge is 0.275 e. The summed E-state index contributed by atoms with van der Waals surface area (Å²) in [4.78, 5) is 14.5. The third-order valence-electron chi connectivity index (χ3n) is 3.54. The fourth-order valence-corrected chi connectivity index (χ4v) is 4.20. The van der Waals surface area contributed by atoms with Gasteiger partial charge < -0.3 is 10.2 Å². The Morgan fingerprint density at radius 2 is 2.16 bits per heavy atom. The van der Waals surface area contributed by atoms with E-state index in [0.717, 1.165) is 23.2 Å². The summed E-state index contributed by atoms with van der Waals surface area (Å²) in [5.41, 5.74) is 0. The number of hydrogen-bond donors (Lipinski definition) is 2. The van der Waals surface area contributed by atoms with Gasteiger partial charge in [0.05, 0.1) is 15.7 Å². The van der Waals surface area contributed by atoms with Crippen LogP contribution < -0.4 is 10.2 Å². The third-order valence-corrected chi connectivity index (χ3v) is 5.16. The number of thiophene rings is 1. The van der Waals surface area contributed by atoms with Crippen LogP contribution in [-0.2, 0) is 11.3 Å². The summed E-state index contributed by atoms with van der Waals surface area (Å²) in [6.45, 7) is 1.47. The molecule has 2 N–H and O–H groups in total. The molecule has 5 heteroatoms. The molecule has 0 spiro atoms. The van der Waals surface area contributed by atoms with Gasteiger partial charge in [-0.15, -0.1) is 11.3 Å². The van der Waals surface area contributed by atoms with Crippen LogP contribution in [-0.4, -0.2) is 25.5 Å². The lowest BCUT2D eigenvalue weighted by molar-refractivity contribution is -0.885. The van der Waals surface area contributed by atoms with Gasteiger partial charge in [-0.1, -0.05) is 19.3 Å². The zero-order valence-electron chi connectivity index (χ0n) is 11.4. The van der Waals surface area contributed by atoms with Crippen LogP contribution in [0.2, 0.25) is 0 Å². The van der Waals surface area contributed by atoms with Crippen molar-refractivity contribution in [2.24, 2.45) is 0 Å². The Balaban J connectivity index is 1.71. The quantitative estimate of drug-likeness (QED) is 0.840. The van der Waals surface area contributed by atoms with Crippen LogP contribution in [0.1, 0.15) is 37.0 Å². The number of nitrogens with one attached hydrogen (secondary N) is 2. The zero-order valence-corrected chi connectivity index (χ0v) is 13.8. The van der Waals surface area contributed by atoms with E-state index in [1.165, 1.54) is 29.0 Å². The maximum absolute atomic E-state index is 12.0. The maximum Gasteiger partial charge on any atom is 0.275 e. The van der Waals surface area contributed by atoms with Gasteiger partial charge in [0.1, 0.15) is 6.54 Å². The van der Waals surface area contributed by atoms with Crippen LogP contribution in [0.25, 0.3) is 0 Å². The average molecular weight is 346 g/mol. The molecule has 1 saturated carbocycles. The number of hydrogen-bond acceptors (Lipinski definition) is 2. The van der Waals surface area contributed by atoms with E-state index < -0.39 is 0 Å². The molecule has 1 amide bonds. The topological polar surface area (TPSA) is 33.5 Å². The molecule has 1 aliphatic carbocycles. The molecule has 0 bridgehead atoms. The van der Waals surface area contributed by atoms with E-state index >= 15 is 0 Å². The van der Waals surface area contributed by atoms with Crippen LogP contribution in [0.5, 0.6) is 0 Å². The van der Waals surface area contributed by atoms with Gasteiger partial charge in [-0.05, 0) is 40.9 Å². The van der Waals surface area contributed by atoms with Crippen LogP contribution in [0.3, 0.4) is 0 Å². The van der Waals surface area contributed by atoms with Crippen molar-refractivity contribution in [2.45, 2.75) is 44.7 Å². The number of quaternary nitrogens is 1. The third kappa shape index (κ3) is 5.24. The second-order valence-electron chi connectivity index (χ2n) is 5.42. The number of likely N-dealkylation sites (N-methyl/N-ethyl adjacent to an activating group) is 1. The Hall–Kier alpha value is -0.390. The standard InChI is InChI=1S/C14H21BrN2OS/c1-17(9-12-7-8-13(15)19-12)10-14(18)16-11-5-3-2-4-6-11/h7-8,11H,2-6,9-10H2,1H3,(H,16,18)/p+1. The first-order valence-corrected chi connectivity index (χ1v) is 8.59. The van der Waals surface area contributed by atoms with Gasteiger partial charge in [-0.3, -0.25) is 4.79 Å². The van der Waals surface area contributed by atoms with Crippen molar-refractivity contribution in [1.29, 1.82) is 0 Å². The lowest BCUT2D eigenvalue weighted by atomic mass is 9.95. The molecule has 0 saturated heterocycles. The normalized spacial score (nSPS) is 18.2. The largest absolute Gasteiger partial charge is 0.348 e. The van der Waals surface area contributed by atoms with Crippen molar-refractivity contribution >= 4 is 33.2 Å². The highest BCUT2D eigenvalue weighted by atomic mass is 79.9. The van der Waals surface area contributed by atoms with Gasteiger partial charge in [0, 0.05) is 6.04 Å². The second-order valence-corrected chi connectivity index (χ2v) is 7.97. The summed E-state index contributed by atoms with van der Waals surface area (Å²) < 4.78 is 1.15. The molecule has 1 fully saturated rings. The van der Waals surface area contributed by atoms with Crippen LogP contribution in [0.4, 0.5) is 0 Å². The number of carbonyl (C=O) groups excluding carboxylic acids is 1. The highest BCUT2D eigenvalue weighted by Gasteiger charge is 2.18. The molecule has 1 aromatic heterocycles.